The number of carbonyl (C=O) groups excluding carboxylic acids is 1. The molecule has 5 rings (SSSR count). The Morgan fingerprint density at radius 3 is 2.37 bits per heavy atom. The van der Waals surface area contributed by atoms with E-state index in [1.54, 1.807) is 12.0 Å². The van der Waals surface area contributed by atoms with E-state index < -0.39 is 0 Å². The Morgan fingerprint density at radius 1 is 0.971 bits per heavy atom. The van der Waals surface area contributed by atoms with Crippen molar-refractivity contribution in [2.75, 3.05) is 31.6 Å². The van der Waals surface area contributed by atoms with Crippen LogP contribution in [0, 0.1) is 0 Å². The van der Waals surface area contributed by atoms with Gasteiger partial charge in [-0.1, -0.05) is 0 Å². The van der Waals surface area contributed by atoms with Crippen LogP contribution in [0.3, 0.4) is 0 Å². The van der Waals surface area contributed by atoms with E-state index in [1.807, 2.05) is 67.7 Å². The average Bonchev–Trinajstić information content (AvgIpc) is 3.49. The smallest absolute Gasteiger partial charge is 0.266 e. The second-order valence-corrected chi connectivity index (χ2v) is 9.63. The van der Waals surface area contributed by atoms with Crippen LogP contribution >= 0.6 is 11.8 Å². The second-order valence-electron chi connectivity index (χ2n) is 8.62. The fourth-order valence-electron chi connectivity index (χ4n) is 4.49. The largest absolute Gasteiger partial charge is 0.497 e. The number of amides is 1. The molecule has 180 valence electrons. The molecule has 0 atom stereocenters. The Labute approximate surface area is 210 Å². The zero-order valence-corrected chi connectivity index (χ0v) is 21.0. The topological polar surface area (TPSA) is 50.1 Å². The Bertz CT molecular complexity index is 1240. The first kappa shape index (κ1) is 23.3. The van der Waals surface area contributed by atoms with E-state index in [-0.39, 0.29) is 5.91 Å². The summed E-state index contributed by atoms with van der Waals surface area (Å²) in [4.78, 5) is 22.9. The highest BCUT2D eigenvalue weighted by molar-refractivity contribution is 8.18. The third kappa shape index (κ3) is 5.00. The number of hydrogen-bond acceptors (Lipinski definition) is 5. The van der Waals surface area contributed by atoms with Gasteiger partial charge in [0.1, 0.15) is 5.75 Å². The van der Waals surface area contributed by atoms with Crippen LogP contribution in [0.5, 0.6) is 5.75 Å². The van der Waals surface area contributed by atoms with Crippen molar-refractivity contribution in [1.82, 2.24) is 9.47 Å². The van der Waals surface area contributed by atoms with E-state index in [9.17, 15) is 4.79 Å². The number of carbonyl (C=O) groups is 1. The van der Waals surface area contributed by atoms with Gasteiger partial charge in [0.05, 0.1) is 17.7 Å². The number of anilines is 1. The number of rotatable bonds is 6. The van der Waals surface area contributed by atoms with Crippen LogP contribution in [0.4, 0.5) is 11.4 Å². The summed E-state index contributed by atoms with van der Waals surface area (Å²) in [5, 5.41) is 0.719. The summed E-state index contributed by atoms with van der Waals surface area (Å²) in [7, 11) is 1.66. The molecule has 3 heterocycles. The molecule has 7 heteroatoms. The molecule has 35 heavy (non-hydrogen) atoms. The summed E-state index contributed by atoms with van der Waals surface area (Å²) in [5.41, 5.74) is 4.06. The van der Waals surface area contributed by atoms with Crippen molar-refractivity contribution in [3.8, 4) is 11.4 Å². The van der Waals surface area contributed by atoms with Crippen LogP contribution in [0.15, 0.2) is 76.8 Å². The predicted molar refractivity (Wildman–Crippen MR) is 145 cm³/mol. The minimum atomic E-state index is -0.0105. The molecule has 1 amide bonds. The summed E-state index contributed by atoms with van der Waals surface area (Å²) < 4.78 is 7.33. The number of nitrogens with zero attached hydrogens (tertiary/aromatic N) is 4. The number of methoxy groups -OCH3 is 1. The van der Waals surface area contributed by atoms with Crippen LogP contribution < -0.4 is 9.64 Å². The number of benzene rings is 2. The number of hydrogen-bond donors (Lipinski definition) is 0. The second kappa shape index (κ2) is 10.4. The molecule has 2 aliphatic heterocycles. The summed E-state index contributed by atoms with van der Waals surface area (Å²) in [6.45, 7) is 4.80. The lowest BCUT2D eigenvalue weighted by atomic mass is 10.1. The van der Waals surface area contributed by atoms with E-state index in [0.717, 1.165) is 41.1 Å². The molecule has 2 aromatic carbocycles. The molecular weight excluding hydrogens is 456 g/mol. The standard InChI is InChI=1S/C28H30N4O2S/c1-3-31-27(33)26(20-24-8-7-19-32(24)23-13-15-25(34-2)16-14-23)35-28(31)29-21-9-11-22(12-10-21)30-17-5-4-6-18-30/h7-16,19-20H,3-6,17-18H2,1-2H3/b26-20-,29-28?. The molecule has 6 nitrogen and oxygen atoms in total. The van der Waals surface area contributed by atoms with Gasteiger partial charge in [-0.15, -0.1) is 0 Å². The van der Waals surface area contributed by atoms with E-state index in [2.05, 4.69) is 21.6 Å². The van der Waals surface area contributed by atoms with Crippen LogP contribution in [-0.2, 0) is 4.79 Å². The average molecular weight is 487 g/mol. The maximum absolute atomic E-state index is 13.2. The van der Waals surface area contributed by atoms with Crippen LogP contribution in [-0.4, -0.2) is 47.3 Å². The van der Waals surface area contributed by atoms with E-state index in [1.165, 1.54) is 36.7 Å². The van der Waals surface area contributed by atoms with E-state index >= 15 is 0 Å². The number of amidine groups is 1. The molecule has 0 unspecified atom stereocenters. The van der Waals surface area contributed by atoms with Gasteiger partial charge >= 0.3 is 0 Å². The highest BCUT2D eigenvalue weighted by atomic mass is 32.2. The molecule has 0 bridgehead atoms. The molecular formula is C28H30N4O2S. The zero-order chi connectivity index (χ0) is 24.2. The molecule has 0 saturated carbocycles. The summed E-state index contributed by atoms with van der Waals surface area (Å²) in [6.07, 6.45) is 7.77. The number of aliphatic imine (C=N–C) groups is 1. The minimum Gasteiger partial charge on any atom is -0.497 e. The monoisotopic (exact) mass is 486 g/mol. The molecule has 0 radical (unpaired) electrons. The summed E-state index contributed by atoms with van der Waals surface area (Å²) in [6, 6.07) is 20.2. The molecule has 2 saturated heterocycles. The molecule has 2 fully saturated rings. The van der Waals surface area contributed by atoms with Crippen LogP contribution in [0.2, 0.25) is 0 Å². The van der Waals surface area contributed by atoms with Crippen LogP contribution in [0.1, 0.15) is 31.9 Å². The van der Waals surface area contributed by atoms with Crippen LogP contribution in [0.25, 0.3) is 11.8 Å². The molecule has 1 aromatic heterocycles. The SMILES string of the molecule is CCN1C(=O)/C(=C/c2cccn2-c2ccc(OC)cc2)SC1=Nc1ccc(N2CCCCC2)cc1. The van der Waals surface area contributed by atoms with E-state index in [0.29, 0.717) is 11.4 Å². The van der Waals surface area contributed by atoms with Crippen molar-refractivity contribution >= 4 is 40.3 Å². The normalized spacial score (nSPS) is 18.6. The molecule has 3 aromatic rings. The molecule has 0 aliphatic carbocycles. The summed E-state index contributed by atoms with van der Waals surface area (Å²) >= 11 is 1.43. The number of likely N-dealkylation sites (N-methyl/N-ethyl adjacent to an activating group) is 1. The number of aromatic nitrogens is 1. The van der Waals surface area contributed by atoms with Gasteiger partial charge in [-0.2, -0.15) is 0 Å². The zero-order valence-electron chi connectivity index (χ0n) is 20.2. The Morgan fingerprint density at radius 2 is 1.69 bits per heavy atom. The highest BCUT2D eigenvalue weighted by Crippen LogP contribution is 2.35. The summed E-state index contributed by atoms with van der Waals surface area (Å²) in [5.74, 6) is 0.800. The Kier molecular flexibility index (Phi) is 6.95. The van der Waals surface area contributed by atoms with Crippen molar-refractivity contribution < 1.29 is 9.53 Å². The first-order valence-corrected chi connectivity index (χ1v) is 12.9. The minimum absolute atomic E-state index is 0.0105. The lowest BCUT2D eigenvalue weighted by Gasteiger charge is -2.28. The van der Waals surface area contributed by atoms with Gasteiger partial charge in [-0.3, -0.25) is 9.69 Å². The highest BCUT2D eigenvalue weighted by Gasteiger charge is 2.32. The lowest BCUT2D eigenvalue weighted by molar-refractivity contribution is -0.122. The maximum Gasteiger partial charge on any atom is 0.266 e. The fourth-order valence-corrected chi connectivity index (χ4v) is 5.54. The third-order valence-electron chi connectivity index (χ3n) is 6.41. The van der Waals surface area contributed by atoms with E-state index in [4.69, 9.17) is 9.73 Å². The van der Waals surface area contributed by atoms with Crippen molar-refractivity contribution in [3.63, 3.8) is 0 Å². The first-order valence-electron chi connectivity index (χ1n) is 12.1. The van der Waals surface area contributed by atoms with Gasteiger partial charge in [0, 0.05) is 42.9 Å². The van der Waals surface area contributed by atoms with Gasteiger partial charge in [0.2, 0.25) is 0 Å². The number of ether oxygens (including phenoxy) is 1. The molecule has 2 aliphatic rings. The lowest BCUT2D eigenvalue weighted by Crippen LogP contribution is -2.29. The van der Waals surface area contributed by atoms with Crippen molar-refractivity contribution in [1.29, 1.82) is 0 Å². The van der Waals surface area contributed by atoms with Crippen molar-refractivity contribution in [2.45, 2.75) is 26.2 Å². The Hall–Kier alpha value is -3.45. The van der Waals surface area contributed by atoms with Crippen molar-refractivity contribution in [2.24, 2.45) is 4.99 Å². The maximum atomic E-state index is 13.2. The molecule has 0 N–H and O–H groups in total. The number of piperidine rings is 1. The molecule has 0 spiro atoms. The first-order chi connectivity index (χ1) is 17.2. The fraction of sp³-hybridized carbons (Fsp3) is 0.286. The van der Waals surface area contributed by atoms with Gasteiger partial charge in [0.25, 0.3) is 5.91 Å². The van der Waals surface area contributed by atoms with Gasteiger partial charge in [-0.05, 0) is 105 Å². The Balaban J connectivity index is 1.38. The predicted octanol–water partition coefficient (Wildman–Crippen LogP) is 6.10. The van der Waals surface area contributed by atoms with Crippen molar-refractivity contribution in [3.05, 3.63) is 77.5 Å². The quantitative estimate of drug-likeness (QED) is 0.395. The van der Waals surface area contributed by atoms with Gasteiger partial charge in [-0.25, -0.2) is 4.99 Å². The third-order valence-corrected chi connectivity index (χ3v) is 7.42. The van der Waals surface area contributed by atoms with Gasteiger partial charge < -0.3 is 14.2 Å². The van der Waals surface area contributed by atoms with Gasteiger partial charge in [0.15, 0.2) is 5.17 Å². The number of thioether (sulfide) groups is 1.